The molecular formula is C18H12OS. The monoisotopic (exact) mass is 276 g/mol. The molecule has 2 heteroatoms. The molecule has 96 valence electrons. The summed E-state index contributed by atoms with van der Waals surface area (Å²) in [5.41, 5.74) is 3.86. The second-order valence-electron chi connectivity index (χ2n) is 4.92. The Balaban J connectivity index is 2.23. The van der Waals surface area contributed by atoms with Crippen LogP contribution in [-0.2, 0) is 0 Å². The van der Waals surface area contributed by atoms with Gasteiger partial charge >= 0.3 is 0 Å². The van der Waals surface area contributed by atoms with Crippen LogP contribution >= 0.6 is 11.8 Å². The van der Waals surface area contributed by atoms with Gasteiger partial charge in [0.2, 0.25) is 0 Å². The van der Waals surface area contributed by atoms with Crippen molar-refractivity contribution in [3.63, 3.8) is 0 Å². The van der Waals surface area contributed by atoms with E-state index in [4.69, 9.17) is 0 Å². The van der Waals surface area contributed by atoms with E-state index in [2.05, 4.69) is 24.5 Å². The van der Waals surface area contributed by atoms with Crippen LogP contribution in [0.25, 0.3) is 21.9 Å². The van der Waals surface area contributed by atoms with Crippen LogP contribution in [0.15, 0.2) is 59.5 Å². The summed E-state index contributed by atoms with van der Waals surface area (Å²) in [6, 6.07) is 18.2. The minimum Gasteiger partial charge on any atom is -0.289 e. The summed E-state index contributed by atoms with van der Waals surface area (Å²) in [5.74, 6) is 0.136. The van der Waals surface area contributed by atoms with Gasteiger partial charge in [0, 0.05) is 21.4 Å². The molecule has 0 atom stereocenters. The van der Waals surface area contributed by atoms with Crippen LogP contribution in [0.4, 0.5) is 0 Å². The highest BCUT2D eigenvalue weighted by atomic mass is 32.2. The van der Waals surface area contributed by atoms with Crippen LogP contribution < -0.4 is 0 Å². The Hall–Kier alpha value is -2.06. The Morgan fingerprint density at radius 2 is 1.50 bits per heavy atom. The van der Waals surface area contributed by atoms with E-state index in [1.165, 1.54) is 15.8 Å². The molecule has 0 bridgehead atoms. The number of rotatable bonds is 1. The zero-order chi connectivity index (χ0) is 13.7. The molecule has 4 rings (SSSR count). The van der Waals surface area contributed by atoms with Crippen molar-refractivity contribution in [3.8, 4) is 11.1 Å². The van der Waals surface area contributed by atoms with Crippen molar-refractivity contribution in [2.45, 2.75) is 4.90 Å². The minimum absolute atomic E-state index is 0.136. The quantitative estimate of drug-likeness (QED) is 0.466. The van der Waals surface area contributed by atoms with E-state index in [1.54, 1.807) is 11.8 Å². The maximum atomic E-state index is 12.7. The lowest BCUT2D eigenvalue weighted by Crippen LogP contribution is -2.09. The lowest BCUT2D eigenvalue weighted by Gasteiger charge is -2.20. The summed E-state index contributed by atoms with van der Waals surface area (Å²) in [7, 11) is 0. The Morgan fingerprint density at radius 3 is 2.30 bits per heavy atom. The number of hydrogen-bond acceptors (Lipinski definition) is 2. The second kappa shape index (κ2) is 4.22. The van der Waals surface area contributed by atoms with Crippen LogP contribution in [0.3, 0.4) is 0 Å². The molecule has 0 aliphatic heterocycles. The summed E-state index contributed by atoms with van der Waals surface area (Å²) in [5, 5.41) is 2.28. The predicted molar refractivity (Wildman–Crippen MR) is 84.6 cm³/mol. The van der Waals surface area contributed by atoms with Gasteiger partial charge in [0.05, 0.1) is 0 Å². The molecule has 3 aromatic rings. The lowest BCUT2D eigenvalue weighted by atomic mass is 9.83. The van der Waals surface area contributed by atoms with Gasteiger partial charge in [-0.25, -0.2) is 0 Å². The number of carbonyl (C=O) groups excluding carboxylic acids is 1. The average molecular weight is 276 g/mol. The first-order chi connectivity index (χ1) is 9.81. The van der Waals surface area contributed by atoms with Gasteiger partial charge in [-0.3, -0.25) is 4.79 Å². The van der Waals surface area contributed by atoms with Crippen LogP contribution in [0.5, 0.6) is 0 Å². The van der Waals surface area contributed by atoms with Crippen LogP contribution in [0.1, 0.15) is 15.9 Å². The molecule has 20 heavy (non-hydrogen) atoms. The maximum absolute atomic E-state index is 12.7. The molecule has 0 spiro atoms. The number of thioether (sulfide) groups is 1. The molecule has 1 nitrogen and oxygen atoms in total. The van der Waals surface area contributed by atoms with Crippen LogP contribution in [-0.4, -0.2) is 12.0 Å². The molecule has 1 aliphatic rings. The third-order valence-electron chi connectivity index (χ3n) is 3.93. The largest absolute Gasteiger partial charge is 0.289 e. The van der Waals surface area contributed by atoms with Crippen molar-refractivity contribution in [2.24, 2.45) is 0 Å². The molecule has 0 saturated heterocycles. The molecule has 0 N–H and O–H groups in total. The van der Waals surface area contributed by atoms with Crippen molar-refractivity contribution in [3.05, 3.63) is 65.7 Å². The first-order valence-corrected chi connectivity index (χ1v) is 7.77. The number of benzene rings is 3. The molecule has 0 radical (unpaired) electrons. The van der Waals surface area contributed by atoms with Crippen molar-refractivity contribution in [1.29, 1.82) is 0 Å². The van der Waals surface area contributed by atoms with Crippen molar-refractivity contribution < 1.29 is 4.79 Å². The molecule has 0 unspecified atom stereocenters. The van der Waals surface area contributed by atoms with Gasteiger partial charge in [0.25, 0.3) is 0 Å². The number of fused-ring (bicyclic) bond motifs is 2. The summed E-state index contributed by atoms with van der Waals surface area (Å²) in [4.78, 5) is 13.9. The molecular weight excluding hydrogens is 264 g/mol. The lowest BCUT2D eigenvalue weighted by molar-refractivity contribution is 0.104. The fourth-order valence-electron chi connectivity index (χ4n) is 3.03. The molecule has 1 aliphatic carbocycles. The van der Waals surface area contributed by atoms with Crippen LogP contribution in [0.2, 0.25) is 0 Å². The number of hydrogen-bond donors (Lipinski definition) is 0. The molecule has 0 saturated carbocycles. The third-order valence-corrected chi connectivity index (χ3v) is 4.72. The second-order valence-corrected chi connectivity index (χ2v) is 5.77. The average Bonchev–Trinajstić information content (AvgIpc) is 2.52. The van der Waals surface area contributed by atoms with E-state index in [-0.39, 0.29) is 5.78 Å². The summed E-state index contributed by atoms with van der Waals surface area (Å²) >= 11 is 1.72. The van der Waals surface area contributed by atoms with Gasteiger partial charge < -0.3 is 0 Å². The van der Waals surface area contributed by atoms with Crippen molar-refractivity contribution in [2.75, 3.05) is 6.26 Å². The van der Waals surface area contributed by atoms with Gasteiger partial charge in [-0.15, -0.1) is 11.8 Å². The first-order valence-electron chi connectivity index (χ1n) is 6.55. The Bertz CT molecular complexity index is 864. The standard InChI is InChI=1S/C18H12OS/c1-20-16-10-9-12-11-5-2-3-6-13(11)18(19)15-8-4-7-14(16)17(12)15/h2-10H,1H3. The highest BCUT2D eigenvalue weighted by molar-refractivity contribution is 7.98. The van der Waals surface area contributed by atoms with E-state index in [0.717, 1.165) is 22.1 Å². The highest BCUT2D eigenvalue weighted by Gasteiger charge is 2.25. The summed E-state index contributed by atoms with van der Waals surface area (Å²) in [6.07, 6.45) is 2.07. The SMILES string of the molecule is CSc1ccc2c3c(cccc13)C(=O)c1ccccc1-2. The zero-order valence-corrected chi connectivity index (χ0v) is 11.8. The van der Waals surface area contributed by atoms with E-state index < -0.39 is 0 Å². The van der Waals surface area contributed by atoms with Gasteiger partial charge in [-0.2, -0.15) is 0 Å². The number of carbonyl (C=O) groups is 1. The Labute approximate surface area is 121 Å². The fourth-order valence-corrected chi connectivity index (χ4v) is 3.63. The Morgan fingerprint density at radius 1 is 0.750 bits per heavy atom. The molecule has 0 heterocycles. The smallest absolute Gasteiger partial charge is 0.194 e. The topological polar surface area (TPSA) is 17.1 Å². The van der Waals surface area contributed by atoms with Gasteiger partial charge in [0.15, 0.2) is 5.78 Å². The fraction of sp³-hybridized carbons (Fsp3) is 0.0556. The molecule has 3 aromatic carbocycles. The van der Waals surface area contributed by atoms with E-state index in [9.17, 15) is 4.79 Å². The predicted octanol–water partition coefficient (Wildman–Crippen LogP) is 4.77. The van der Waals surface area contributed by atoms with E-state index in [0.29, 0.717) is 0 Å². The summed E-state index contributed by atoms with van der Waals surface area (Å²) < 4.78 is 0. The third kappa shape index (κ3) is 1.43. The molecule has 0 aromatic heterocycles. The summed E-state index contributed by atoms with van der Waals surface area (Å²) in [6.45, 7) is 0. The van der Waals surface area contributed by atoms with E-state index in [1.807, 2.05) is 36.4 Å². The zero-order valence-electron chi connectivity index (χ0n) is 11.0. The molecule has 0 amide bonds. The van der Waals surface area contributed by atoms with Gasteiger partial charge in [0.1, 0.15) is 0 Å². The normalized spacial score (nSPS) is 12.6. The minimum atomic E-state index is 0.136. The van der Waals surface area contributed by atoms with Crippen LogP contribution in [0, 0.1) is 0 Å². The van der Waals surface area contributed by atoms with Crippen molar-refractivity contribution in [1.82, 2.24) is 0 Å². The number of ketones is 1. The van der Waals surface area contributed by atoms with E-state index >= 15 is 0 Å². The van der Waals surface area contributed by atoms with Gasteiger partial charge in [-0.1, -0.05) is 48.5 Å². The van der Waals surface area contributed by atoms with Crippen molar-refractivity contribution >= 4 is 28.3 Å². The first kappa shape index (κ1) is 11.7. The van der Waals surface area contributed by atoms with Gasteiger partial charge in [-0.05, 0) is 28.8 Å². The Kier molecular flexibility index (Phi) is 2.48. The molecule has 0 fully saturated rings. The maximum Gasteiger partial charge on any atom is 0.194 e. The highest BCUT2D eigenvalue weighted by Crippen LogP contribution is 2.41.